The van der Waals surface area contributed by atoms with Crippen LogP contribution < -0.4 is 9.64 Å². The highest BCUT2D eigenvalue weighted by Gasteiger charge is 2.30. The summed E-state index contributed by atoms with van der Waals surface area (Å²) in [6.45, 7) is 2.10. The van der Waals surface area contributed by atoms with Gasteiger partial charge in [0.25, 0.3) is 0 Å². The number of anilines is 1. The Balaban J connectivity index is 1.30. The number of carbonyl (C=O) groups is 1. The zero-order valence-corrected chi connectivity index (χ0v) is 18.6. The number of methoxy groups -OCH3 is 1. The van der Waals surface area contributed by atoms with Gasteiger partial charge >= 0.3 is 0 Å². The minimum Gasteiger partial charge on any atom is -0.497 e. The minimum absolute atomic E-state index is 0.120. The van der Waals surface area contributed by atoms with Crippen molar-refractivity contribution in [3.63, 3.8) is 0 Å². The lowest BCUT2D eigenvalue weighted by molar-refractivity contribution is -0.116. The number of fused-ring (bicyclic) bond motifs is 1. The van der Waals surface area contributed by atoms with E-state index >= 15 is 0 Å². The van der Waals surface area contributed by atoms with Gasteiger partial charge in [-0.3, -0.25) is 4.79 Å². The van der Waals surface area contributed by atoms with Gasteiger partial charge in [0.05, 0.1) is 12.9 Å². The average molecular weight is 444 g/mol. The van der Waals surface area contributed by atoms with E-state index in [1.165, 1.54) is 34.2 Å². The maximum Gasteiger partial charge on any atom is 0.237 e. The topological polar surface area (TPSA) is 55.3 Å². The van der Waals surface area contributed by atoms with Gasteiger partial charge in [0.2, 0.25) is 5.91 Å². The Morgan fingerprint density at radius 1 is 1.14 bits per heavy atom. The number of aromatic nitrogens is 2. The lowest BCUT2D eigenvalue weighted by Crippen LogP contribution is -2.36. The average Bonchev–Trinajstić information content (AvgIpc) is 3.34. The summed E-state index contributed by atoms with van der Waals surface area (Å²) in [6.07, 6.45) is 0.914. The van der Waals surface area contributed by atoms with Crippen LogP contribution in [-0.2, 0) is 17.0 Å². The first kappa shape index (κ1) is 20.3. The third-order valence-corrected chi connectivity index (χ3v) is 7.95. The molecule has 2 heterocycles. The van der Waals surface area contributed by atoms with E-state index in [0.717, 1.165) is 32.3 Å². The second-order valence-electron chi connectivity index (χ2n) is 6.70. The fraction of sp³-hybridized carbons (Fsp3) is 0.286. The van der Waals surface area contributed by atoms with Crippen molar-refractivity contribution in [2.45, 2.75) is 33.8 Å². The van der Waals surface area contributed by atoms with Crippen molar-refractivity contribution in [2.75, 3.05) is 17.8 Å². The van der Waals surface area contributed by atoms with Crippen LogP contribution in [0.2, 0.25) is 0 Å². The normalized spacial score (nSPS) is 15.4. The molecule has 8 heteroatoms. The number of amides is 1. The van der Waals surface area contributed by atoms with E-state index in [2.05, 4.69) is 35.3 Å². The Bertz CT molecular complexity index is 991. The molecule has 0 fully saturated rings. The van der Waals surface area contributed by atoms with Gasteiger partial charge in [-0.25, -0.2) is 0 Å². The molecule has 0 bridgehead atoms. The van der Waals surface area contributed by atoms with E-state index in [1.807, 2.05) is 35.2 Å². The van der Waals surface area contributed by atoms with Crippen LogP contribution in [-0.4, -0.2) is 35.0 Å². The molecule has 0 N–H and O–H groups in total. The lowest BCUT2D eigenvalue weighted by Gasteiger charge is -2.22. The van der Waals surface area contributed by atoms with Crippen LogP contribution in [0.3, 0.4) is 0 Å². The number of benzene rings is 2. The fourth-order valence-corrected chi connectivity index (χ4v) is 6.15. The summed E-state index contributed by atoms with van der Waals surface area (Å²) in [4.78, 5) is 14.7. The second-order valence-corrected chi connectivity index (χ2v) is 10.1. The quantitative estimate of drug-likeness (QED) is 0.484. The third-order valence-electron chi connectivity index (χ3n) is 4.70. The first-order valence-corrected chi connectivity index (χ1v) is 12.0. The van der Waals surface area contributed by atoms with Gasteiger partial charge in [-0.05, 0) is 42.7 Å². The molecule has 1 atom stereocenters. The van der Waals surface area contributed by atoms with E-state index in [-0.39, 0.29) is 11.9 Å². The smallest absolute Gasteiger partial charge is 0.237 e. The summed E-state index contributed by atoms with van der Waals surface area (Å²) in [5.41, 5.74) is 3.49. The summed E-state index contributed by atoms with van der Waals surface area (Å²) in [5.74, 6) is 2.17. The van der Waals surface area contributed by atoms with Crippen LogP contribution >= 0.6 is 34.9 Å². The van der Waals surface area contributed by atoms with Gasteiger partial charge in [0.1, 0.15) is 5.75 Å². The van der Waals surface area contributed by atoms with Crippen molar-refractivity contribution >= 4 is 46.5 Å². The molecule has 0 spiro atoms. The number of hydrogen-bond acceptors (Lipinski definition) is 7. The summed E-state index contributed by atoms with van der Waals surface area (Å²) in [5, 5.41) is 8.49. The lowest BCUT2D eigenvalue weighted by atomic mass is 10.1. The summed E-state index contributed by atoms with van der Waals surface area (Å²) < 4.78 is 6.93. The molecule has 2 aromatic carbocycles. The highest BCUT2D eigenvalue weighted by atomic mass is 32.2. The van der Waals surface area contributed by atoms with Crippen molar-refractivity contribution in [1.29, 1.82) is 0 Å². The van der Waals surface area contributed by atoms with Gasteiger partial charge in [0, 0.05) is 17.5 Å². The molecule has 29 heavy (non-hydrogen) atoms. The predicted octanol–water partition coefficient (Wildman–Crippen LogP) is 4.91. The highest BCUT2D eigenvalue weighted by Crippen LogP contribution is 2.34. The monoisotopic (exact) mass is 443 g/mol. The third kappa shape index (κ3) is 4.76. The summed E-state index contributed by atoms with van der Waals surface area (Å²) in [6, 6.07) is 16.4. The zero-order chi connectivity index (χ0) is 20.2. The van der Waals surface area contributed by atoms with E-state index < -0.39 is 0 Å². The molecule has 0 saturated heterocycles. The van der Waals surface area contributed by atoms with Gasteiger partial charge in [-0.15, -0.1) is 10.2 Å². The molecule has 0 unspecified atom stereocenters. The summed E-state index contributed by atoms with van der Waals surface area (Å²) in [7, 11) is 1.66. The van der Waals surface area contributed by atoms with Crippen LogP contribution in [0.1, 0.15) is 18.1 Å². The largest absolute Gasteiger partial charge is 0.497 e. The van der Waals surface area contributed by atoms with Crippen molar-refractivity contribution in [3.05, 3.63) is 59.7 Å². The Hall–Kier alpha value is -2.03. The van der Waals surface area contributed by atoms with E-state index in [4.69, 9.17) is 4.74 Å². The molecule has 0 aliphatic carbocycles. The van der Waals surface area contributed by atoms with Gasteiger partial charge in [0.15, 0.2) is 8.68 Å². The van der Waals surface area contributed by atoms with E-state index in [0.29, 0.717) is 5.75 Å². The van der Waals surface area contributed by atoms with Crippen molar-refractivity contribution in [1.82, 2.24) is 10.2 Å². The van der Waals surface area contributed by atoms with Gasteiger partial charge < -0.3 is 9.64 Å². The van der Waals surface area contributed by atoms with Gasteiger partial charge in [-0.1, -0.05) is 65.2 Å². The molecule has 4 rings (SSSR count). The number of carbonyl (C=O) groups excluding carboxylic acids is 1. The molecular formula is C21H21N3O2S3. The SMILES string of the molecule is COc1ccc(CSc2nnc(SCC(=O)N3c4ccccc4C[C@H]3C)s2)cc1. The van der Waals surface area contributed by atoms with Crippen molar-refractivity contribution < 1.29 is 9.53 Å². The van der Waals surface area contributed by atoms with Crippen LogP contribution in [0, 0.1) is 0 Å². The number of para-hydroxylation sites is 1. The van der Waals surface area contributed by atoms with Crippen LogP contribution in [0.5, 0.6) is 5.75 Å². The number of hydrogen-bond donors (Lipinski definition) is 0. The molecule has 3 aromatic rings. The predicted molar refractivity (Wildman–Crippen MR) is 120 cm³/mol. The Kier molecular flexibility index (Phi) is 6.42. The van der Waals surface area contributed by atoms with Crippen molar-refractivity contribution in [3.8, 4) is 5.75 Å². The molecule has 1 amide bonds. The molecule has 5 nitrogen and oxygen atoms in total. The van der Waals surface area contributed by atoms with Crippen molar-refractivity contribution in [2.24, 2.45) is 0 Å². The second kappa shape index (κ2) is 9.19. The molecule has 0 saturated carbocycles. The number of thioether (sulfide) groups is 2. The fourth-order valence-electron chi connectivity index (χ4n) is 3.32. The summed E-state index contributed by atoms with van der Waals surface area (Å²) >= 11 is 4.66. The Labute approximate surface area is 182 Å². The molecule has 1 aromatic heterocycles. The zero-order valence-electron chi connectivity index (χ0n) is 16.2. The standard InChI is InChI=1S/C21H21N3O2S3/c1-14-11-16-5-3-4-6-18(16)24(14)19(25)13-28-21-23-22-20(29-21)27-12-15-7-9-17(26-2)10-8-15/h3-10,14H,11-13H2,1-2H3/t14-/m1/s1. The maximum absolute atomic E-state index is 12.8. The molecule has 0 radical (unpaired) electrons. The first-order chi connectivity index (χ1) is 14.1. The van der Waals surface area contributed by atoms with Gasteiger partial charge in [-0.2, -0.15) is 0 Å². The minimum atomic E-state index is 0.120. The molecular weight excluding hydrogens is 422 g/mol. The number of nitrogens with zero attached hydrogens (tertiary/aromatic N) is 3. The number of ether oxygens (including phenoxy) is 1. The molecule has 1 aliphatic rings. The van der Waals surface area contributed by atoms with Crippen LogP contribution in [0.25, 0.3) is 0 Å². The molecule has 1 aliphatic heterocycles. The first-order valence-electron chi connectivity index (χ1n) is 9.26. The highest BCUT2D eigenvalue weighted by molar-refractivity contribution is 8.03. The Morgan fingerprint density at radius 3 is 2.62 bits per heavy atom. The number of rotatable bonds is 7. The van der Waals surface area contributed by atoms with E-state index in [9.17, 15) is 4.79 Å². The Morgan fingerprint density at radius 2 is 1.86 bits per heavy atom. The van der Waals surface area contributed by atoms with Crippen LogP contribution in [0.15, 0.2) is 57.2 Å². The molecule has 150 valence electrons. The maximum atomic E-state index is 12.8. The van der Waals surface area contributed by atoms with Crippen LogP contribution in [0.4, 0.5) is 5.69 Å². The van der Waals surface area contributed by atoms with E-state index in [1.54, 1.807) is 18.9 Å².